The number of carbonyl (C=O) groups excluding carboxylic acids is 2. The van der Waals surface area contributed by atoms with Crippen molar-refractivity contribution in [2.45, 2.75) is 13.8 Å². The summed E-state index contributed by atoms with van der Waals surface area (Å²) in [4.78, 5) is 52.9. The number of hydrogen-bond donors (Lipinski definition) is 3. The number of rotatable bonds is 8. The second kappa shape index (κ2) is 15.9. The minimum absolute atomic E-state index is 0.290. The fourth-order valence-electron chi connectivity index (χ4n) is 8.34. The number of fused-ring (bicyclic) bond motifs is 2. The Hall–Kier alpha value is -8.44. The van der Waals surface area contributed by atoms with Crippen molar-refractivity contribution in [1.29, 1.82) is 0 Å². The molecule has 6 aromatic carbocycles. The van der Waals surface area contributed by atoms with Gasteiger partial charge in [-0.1, -0.05) is 121 Å². The molecule has 0 unspecified atom stereocenters. The Morgan fingerprint density at radius 3 is 1.62 bits per heavy atom. The number of aromatic amines is 1. The molecule has 306 valence electrons. The number of anilines is 1. The molecule has 0 spiro atoms. The molecule has 0 radical (unpaired) electrons. The molecule has 1 aliphatic rings. The van der Waals surface area contributed by atoms with E-state index >= 15 is 0 Å². The van der Waals surface area contributed by atoms with E-state index in [1.165, 1.54) is 0 Å². The van der Waals surface area contributed by atoms with Crippen molar-refractivity contribution in [2.24, 2.45) is 24.1 Å². The highest BCUT2D eigenvalue weighted by atomic mass is 16.2. The zero-order valence-electron chi connectivity index (χ0n) is 35.0. The van der Waals surface area contributed by atoms with Crippen LogP contribution in [-0.4, -0.2) is 47.6 Å². The number of amidine groups is 2. The van der Waals surface area contributed by atoms with Gasteiger partial charge in [0.15, 0.2) is 5.84 Å². The largest absolute Gasteiger partial charge is 0.327 e. The summed E-state index contributed by atoms with van der Waals surface area (Å²) in [5.74, 6) is 2.09. The molecule has 0 aliphatic carbocycles. The van der Waals surface area contributed by atoms with E-state index in [1.54, 1.807) is 12.1 Å². The summed E-state index contributed by atoms with van der Waals surface area (Å²) in [6, 6.07) is 50.6. The van der Waals surface area contributed by atoms with Gasteiger partial charge in [0, 0.05) is 36.4 Å². The molecule has 11 heteroatoms. The Balaban J connectivity index is 1.26. The molecular formula is C52H41N9O2. The predicted octanol–water partition coefficient (Wildman–Crippen LogP) is 10.5. The van der Waals surface area contributed by atoms with Gasteiger partial charge in [0.25, 0.3) is 11.8 Å². The van der Waals surface area contributed by atoms with E-state index in [9.17, 15) is 9.59 Å². The second-order valence-corrected chi connectivity index (χ2v) is 15.5. The molecule has 0 saturated carbocycles. The number of nitrogens with one attached hydrogen (secondary N) is 3. The zero-order valence-corrected chi connectivity index (χ0v) is 35.0. The summed E-state index contributed by atoms with van der Waals surface area (Å²) in [6.45, 7) is 3.82. The van der Waals surface area contributed by atoms with Crippen LogP contribution in [0.1, 0.15) is 43.2 Å². The fourth-order valence-corrected chi connectivity index (χ4v) is 8.34. The van der Waals surface area contributed by atoms with Crippen molar-refractivity contribution in [3.8, 4) is 22.5 Å². The molecule has 2 amide bonds. The number of aryl methyl sites for hydroxylation is 4. The van der Waals surface area contributed by atoms with Gasteiger partial charge in [0.1, 0.15) is 29.1 Å². The lowest BCUT2D eigenvalue weighted by molar-refractivity contribution is 0.0975. The average molecular weight is 824 g/mol. The summed E-state index contributed by atoms with van der Waals surface area (Å²) in [5.41, 5.74) is 10.4. The predicted molar refractivity (Wildman–Crippen MR) is 252 cm³/mol. The minimum atomic E-state index is -0.313. The van der Waals surface area contributed by atoms with E-state index in [-0.39, 0.29) is 11.8 Å². The first-order valence-electron chi connectivity index (χ1n) is 20.6. The van der Waals surface area contributed by atoms with Crippen LogP contribution in [-0.2, 0) is 14.1 Å². The number of aromatic nitrogens is 5. The van der Waals surface area contributed by atoms with E-state index in [2.05, 4.69) is 15.6 Å². The molecule has 10 rings (SSSR count). The van der Waals surface area contributed by atoms with Gasteiger partial charge in [-0.3, -0.25) is 9.59 Å². The Bertz CT molecular complexity index is 3370. The van der Waals surface area contributed by atoms with E-state index < -0.39 is 0 Å². The lowest BCUT2D eigenvalue weighted by Gasteiger charge is -2.12. The van der Waals surface area contributed by atoms with Crippen molar-refractivity contribution in [1.82, 2.24) is 29.4 Å². The van der Waals surface area contributed by atoms with Crippen LogP contribution in [0.3, 0.4) is 0 Å². The van der Waals surface area contributed by atoms with Crippen LogP contribution >= 0.6 is 0 Å². The molecule has 3 aromatic heterocycles. The van der Waals surface area contributed by atoms with E-state index in [1.807, 2.05) is 183 Å². The van der Waals surface area contributed by atoms with Crippen molar-refractivity contribution in [3.05, 3.63) is 191 Å². The van der Waals surface area contributed by atoms with Crippen LogP contribution in [0.2, 0.25) is 0 Å². The van der Waals surface area contributed by atoms with Gasteiger partial charge in [-0.25, -0.2) is 20.0 Å². The molecule has 63 heavy (non-hydrogen) atoms. The number of para-hydroxylation sites is 4. The standard InChI is InChI=1S/C52H41N9O2/c1-31-19-11-13-25-35(31)51(62)58-47-43(49-53-37-27-15-17-29-39(37)60(49)3)41(33-21-7-5-8-22-33)45(56-47)55-46-42(34-23-9-6-10-24-34)44(50-54-38-28-16-18-30-40(38)61(50)4)48(57-46)59-52(63)36-26-14-12-20-32(36)2/h5-30,56H,1-4H3,(H,58,62)(H,55,57,59,63). The SMILES string of the molecule is Cc1ccccc1C(=O)NC1=NC(=Nc2[nH]c(NC(=O)c3ccccc3C)c(-c3nc4ccccc4n3C)c2-c2ccccc2)C(c2ccccc2)=C1c1nc2ccccc2n1C. The van der Waals surface area contributed by atoms with E-state index in [0.717, 1.165) is 44.3 Å². The third-order valence-electron chi connectivity index (χ3n) is 11.5. The van der Waals surface area contributed by atoms with Gasteiger partial charge in [-0.15, -0.1) is 0 Å². The van der Waals surface area contributed by atoms with E-state index in [4.69, 9.17) is 20.0 Å². The maximum absolute atomic E-state index is 14.2. The highest BCUT2D eigenvalue weighted by molar-refractivity contribution is 6.51. The number of H-pyrrole nitrogens is 1. The van der Waals surface area contributed by atoms with Gasteiger partial charge < -0.3 is 24.8 Å². The normalized spacial score (nSPS) is 13.3. The lowest BCUT2D eigenvalue weighted by atomic mass is 9.99. The molecule has 0 saturated heterocycles. The smallest absolute Gasteiger partial charge is 0.257 e. The zero-order chi connectivity index (χ0) is 43.2. The number of aliphatic imine (C=N–C) groups is 2. The summed E-state index contributed by atoms with van der Waals surface area (Å²) in [6.07, 6.45) is 0. The third-order valence-corrected chi connectivity index (χ3v) is 11.5. The first kappa shape index (κ1) is 38.7. The second-order valence-electron chi connectivity index (χ2n) is 15.5. The molecule has 3 N–H and O–H groups in total. The van der Waals surface area contributed by atoms with Gasteiger partial charge in [0.05, 0.1) is 33.2 Å². The van der Waals surface area contributed by atoms with Crippen LogP contribution in [0.25, 0.3) is 55.7 Å². The molecule has 11 nitrogen and oxygen atoms in total. The van der Waals surface area contributed by atoms with Crippen LogP contribution in [0.15, 0.2) is 168 Å². The van der Waals surface area contributed by atoms with Crippen LogP contribution in [0.4, 0.5) is 11.6 Å². The quantitative estimate of drug-likeness (QED) is 0.141. The third kappa shape index (κ3) is 6.91. The summed E-state index contributed by atoms with van der Waals surface area (Å²) >= 11 is 0. The highest BCUT2D eigenvalue weighted by Crippen LogP contribution is 2.46. The minimum Gasteiger partial charge on any atom is -0.327 e. The van der Waals surface area contributed by atoms with Crippen LogP contribution in [0.5, 0.6) is 0 Å². The Labute approximate surface area is 363 Å². The number of carbonyl (C=O) groups is 2. The van der Waals surface area contributed by atoms with Gasteiger partial charge in [-0.2, -0.15) is 0 Å². The van der Waals surface area contributed by atoms with Gasteiger partial charge >= 0.3 is 0 Å². The number of hydrogen-bond acceptors (Lipinski definition) is 5. The molecule has 0 atom stereocenters. The number of benzene rings is 6. The monoisotopic (exact) mass is 823 g/mol. The van der Waals surface area contributed by atoms with Crippen LogP contribution < -0.4 is 10.6 Å². The topological polar surface area (TPSA) is 134 Å². The lowest BCUT2D eigenvalue weighted by Crippen LogP contribution is -2.31. The van der Waals surface area contributed by atoms with Crippen molar-refractivity contribution in [3.63, 3.8) is 0 Å². The highest BCUT2D eigenvalue weighted by Gasteiger charge is 2.34. The number of amides is 2. The summed E-state index contributed by atoms with van der Waals surface area (Å²) in [7, 11) is 3.93. The molecule has 1 aliphatic heterocycles. The average Bonchev–Trinajstić information content (AvgIpc) is 4.04. The molecule has 9 aromatic rings. The maximum atomic E-state index is 14.2. The molecule has 0 fully saturated rings. The first-order chi connectivity index (χ1) is 30.7. The molecule has 4 heterocycles. The number of nitrogens with zero attached hydrogens (tertiary/aromatic N) is 6. The van der Waals surface area contributed by atoms with Crippen molar-refractivity contribution < 1.29 is 9.59 Å². The maximum Gasteiger partial charge on any atom is 0.257 e. The Morgan fingerprint density at radius 2 is 1.03 bits per heavy atom. The van der Waals surface area contributed by atoms with Gasteiger partial charge in [-0.05, 0) is 72.5 Å². The van der Waals surface area contributed by atoms with Crippen molar-refractivity contribution >= 4 is 68.3 Å². The van der Waals surface area contributed by atoms with Gasteiger partial charge in [0.2, 0.25) is 0 Å². The Morgan fingerprint density at radius 1 is 0.540 bits per heavy atom. The van der Waals surface area contributed by atoms with Crippen molar-refractivity contribution in [2.75, 3.05) is 5.32 Å². The summed E-state index contributed by atoms with van der Waals surface area (Å²) in [5, 5.41) is 6.39. The summed E-state index contributed by atoms with van der Waals surface area (Å²) < 4.78 is 4.04. The Kier molecular flexibility index (Phi) is 9.76. The first-order valence-corrected chi connectivity index (χ1v) is 20.6. The molecule has 0 bridgehead atoms. The van der Waals surface area contributed by atoms with E-state index in [0.29, 0.717) is 68.4 Å². The molecular weight excluding hydrogens is 783 g/mol. The number of imidazole rings is 2. The fraction of sp³-hybridized carbons (Fsp3) is 0.0769. The van der Waals surface area contributed by atoms with Crippen LogP contribution in [0, 0.1) is 13.8 Å².